The van der Waals surface area contributed by atoms with E-state index in [1.54, 1.807) is 29.3 Å². The normalized spacial score (nSPS) is 15.0. The predicted molar refractivity (Wildman–Crippen MR) is 102 cm³/mol. The summed E-state index contributed by atoms with van der Waals surface area (Å²) in [6, 6.07) is 0. The van der Waals surface area contributed by atoms with Crippen LogP contribution >= 0.6 is 23.2 Å². The summed E-state index contributed by atoms with van der Waals surface area (Å²) in [6.07, 6.45) is 6.55. The van der Waals surface area contributed by atoms with Gasteiger partial charge in [0.25, 0.3) is 5.91 Å². The van der Waals surface area contributed by atoms with Gasteiger partial charge >= 0.3 is 0 Å². The number of aryl methyl sites for hydroxylation is 1. The largest absolute Gasteiger partial charge is 0.368 e. The summed E-state index contributed by atoms with van der Waals surface area (Å²) in [5.74, 6) is 0.482. The number of carbonyl (C=O) groups is 1. The first-order valence-corrected chi connectivity index (χ1v) is 8.81. The summed E-state index contributed by atoms with van der Waals surface area (Å²) in [5.41, 5.74) is 7.00. The second-order valence-electron chi connectivity index (χ2n) is 5.77. The summed E-state index contributed by atoms with van der Waals surface area (Å²) in [4.78, 5) is 29.8. The van der Waals surface area contributed by atoms with Gasteiger partial charge in [-0.15, -0.1) is 0 Å². The summed E-state index contributed by atoms with van der Waals surface area (Å²) in [7, 11) is 0. The van der Waals surface area contributed by atoms with E-state index >= 15 is 0 Å². The van der Waals surface area contributed by atoms with Gasteiger partial charge in [0, 0.05) is 25.1 Å². The first-order chi connectivity index (χ1) is 13.0. The third-order valence-electron chi connectivity index (χ3n) is 4.08. The number of fused-ring (bicyclic) bond motifs is 1. The second kappa shape index (κ2) is 6.67. The maximum Gasteiger partial charge on any atom is 0.260 e. The van der Waals surface area contributed by atoms with Crippen LogP contribution in [0.4, 0.5) is 11.8 Å². The lowest BCUT2D eigenvalue weighted by molar-refractivity contribution is -0.113. The van der Waals surface area contributed by atoms with Gasteiger partial charge in [0.05, 0.1) is 22.7 Å². The molecule has 3 aromatic rings. The van der Waals surface area contributed by atoms with Gasteiger partial charge < -0.3 is 10.7 Å². The fourth-order valence-electron chi connectivity index (χ4n) is 2.84. The fourth-order valence-corrected chi connectivity index (χ4v) is 3.33. The first kappa shape index (κ1) is 17.5. The first-order valence-electron chi connectivity index (χ1n) is 8.06. The number of carbonyl (C=O) groups excluding carboxylic acids is 1. The zero-order valence-electron chi connectivity index (χ0n) is 14.1. The summed E-state index contributed by atoms with van der Waals surface area (Å²) in [5, 5.41) is 4.94. The Morgan fingerprint density at radius 3 is 2.81 bits per heavy atom. The summed E-state index contributed by atoms with van der Waals surface area (Å²) in [6.45, 7) is 2.73. The van der Waals surface area contributed by atoms with Crippen molar-refractivity contribution in [3.63, 3.8) is 0 Å². The zero-order valence-corrected chi connectivity index (χ0v) is 15.7. The van der Waals surface area contributed by atoms with E-state index in [1.165, 1.54) is 4.90 Å². The van der Waals surface area contributed by atoms with Gasteiger partial charge in [-0.1, -0.05) is 23.2 Å². The van der Waals surface area contributed by atoms with Crippen LogP contribution in [-0.4, -0.2) is 35.6 Å². The molecule has 0 fully saturated rings. The Labute approximate surface area is 163 Å². The molecule has 0 spiro atoms. The van der Waals surface area contributed by atoms with Crippen LogP contribution in [0.3, 0.4) is 0 Å². The molecule has 1 aliphatic heterocycles. The zero-order chi connectivity index (χ0) is 19.1. The molecule has 0 radical (unpaired) electrons. The highest BCUT2D eigenvalue weighted by Crippen LogP contribution is 2.41. The predicted octanol–water partition coefficient (Wildman–Crippen LogP) is 2.39. The SMILES string of the molecule is CCn1cc(Cl)c(CN2C(=O)C(=Cc3ncc[nH]3)c3c(Cl)nc(N)nc32)n1. The molecule has 1 amide bonds. The Hall–Kier alpha value is -2.91. The monoisotopic (exact) mass is 404 g/mol. The number of nitrogen functional groups attached to an aromatic ring is 1. The van der Waals surface area contributed by atoms with E-state index in [0.29, 0.717) is 40.0 Å². The molecule has 0 aromatic carbocycles. The lowest BCUT2D eigenvalue weighted by Gasteiger charge is -2.15. The number of hydrogen-bond donors (Lipinski definition) is 2. The van der Waals surface area contributed by atoms with E-state index in [-0.39, 0.29) is 23.6 Å². The molecule has 1 aliphatic rings. The molecular formula is C16H14Cl2N8O. The maximum atomic E-state index is 13.1. The second-order valence-corrected chi connectivity index (χ2v) is 6.54. The highest BCUT2D eigenvalue weighted by atomic mass is 35.5. The fraction of sp³-hybridized carbons (Fsp3) is 0.188. The Kier molecular flexibility index (Phi) is 4.33. The van der Waals surface area contributed by atoms with Crippen molar-refractivity contribution >= 4 is 52.5 Å². The van der Waals surface area contributed by atoms with E-state index in [9.17, 15) is 4.79 Å². The molecule has 4 rings (SSSR count). The van der Waals surface area contributed by atoms with Crippen LogP contribution in [0.1, 0.15) is 24.0 Å². The summed E-state index contributed by atoms with van der Waals surface area (Å²) < 4.78 is 1.69. The van der Waals surface area contributed by atoms with Crippen molar-refractivity contribution in [3.05, 3.63) is 45.8 Å². The van der Waals surface area contributed by atoms with Crippen LogP contribution < -0.4 is 10.6 Å². The smallest absolute Gasteiger partial charge is 0.260 e. The third kappa shape index (κ3) is 3.04. The number of nitrogens with one attached hydrogen (secondary N) is 1. The molecule has 4 heterocycles. The number of aromatic amines is 1. The Morgan fingerprint density at radius 1 is 1.33 bits per heavy atom. The highest BCUT2D eigenvalue weighted by Gasteiger charge is 2.37. The van der Waals surface area contributed by atoms with Gasteiger partial charge in [-0.05, 0) is 13.0 Å². The Balaban J connectivity index is 1.82. The number of nitrogens with two attached hydrogens (primary N) is 1. The third-order valence-corrected chi connectivity index (χ3v) is 4.67. The minimum Gasteiger partial charge on any atom is -0.368 e. The molecule has 0 saturated heterocycles. The lowest BCUT2D eigenvalue weighted by atomic mass is 10.1. The van der Waals surface area contributed by atoms with Gasteiger partial charge in [0.2, 0.25) is 5.95 Å². The van der Waals surface area contributed by atoms with E-state index in [4.69, 9.17) is 28.9 Å². The number of amides is 1. The molecule has 0 atom stereocenters. The molecule has 0 bridgehead atoms. The number of nitrogens with zero attached hydrogens (tertiary/aromatic N) is 6. The van der Waals surface area contributed by atoms with E-state index in [0.717, 1.165) is 0 Å². The van der Waals surface area contributed by atoms with Gasteiger partial charge in [-0.3, -0.25) is 14.4 Å². The average Bonchev–Trinajstić information content (AvgIpc) is 3.31. The van der Waals surface area contributed by atoms with Crippen molar-refractivity contribution in [1.82, 2.24) is 29.7 Å². The topological polar surface area (TPSA) is 119 Å². The number of hydrogen-bond acceptors (Lipinski definition) is 6. The molecule has 0 saturated carbocycles. The number of aromatic nitrogens is 6. The maximum absolute atomic E-state index is 13.1. The van der Waals surface area contributed by atoms with E-state index in [2.05, 4.69) is 25.0 Å². The minimum atomic E-state index is -0.315. The summed E-state index contributed by atoms with van der Waals surface area (Å²) >= 11 is 12.5. The van der Waals surface area contributed by atoms with Crippen LogP contribution in [0.15, 0.2) is 18.6 Å². The number of halogens is 2. The Bertz CT molecular complexity index is 1060. The van der Waals surface area contributed by atoms with Crippen LogP contribution in [0.25, 0.3) is 11.6 Å². The van der Waals surface area contributed by atoms with Crippen molar-refractivity contribution in [2.75, 3.05) is 10.6 Å². The molecule has 27 heavy (non-hydrogen) atoms. The van der Waals surface area contributed by atoms with Crippen molar-refractivity contribution in [2.45, 2.75) is 20.0 Å². The number of imidazole rings is 1. The Morgan fingerprint density at radius 2 is 2.15 bits per heavy atom. The molecule has 11 heteroatoms. The molecular weight excluding hydrogens is 391 g/mol. The van der Waals surface area contributed by atoms with Gasteiger partial charge in [-0.2, -0.15) is 10.1 Å². The number of rotatable bonds is 4. The van der Waals surface area contributed by atoms with Gasteiger partial charge in [0.1, 0.15) is 16.7 Å². The van der Waals surface area contributed by atoms with E-state index < -0.39 is 0 Å². The molecule has 138 valence electrons. The van der Waals surface area contributed by atoms with Gasteiger partial charge in [-0.25, -0.2) is 9.97 Å². The van der Waals surface area contributed by atoms with Crippen molar-refractivity contribution in [1.29, 1.82) is 0 Å². The molecule has 3 N–H and O–H groups in total. The standard InChI is InChI=1S/C16H14Cl2N8O/c1-2-25-6-9(17)10(24-25)7-26-14-12(13(18)22-16(19)23-14)8(15(26)27)5-11-20-3-4-21-11/h3-6H,2,7H2,1H3,(H,20,21)(H2,19,22,23). The molecule has 0 aliphatic carbocycles. The molecule has 0 unspecified atom stereocenters. The number of H-pyrrole nitrogens is 1. The molecule has 3 aromatic heterocycles. The average molecular weight is 405 g/mol. The van der Waals surface area contributed by atoms with Crippen LogP contribution in [0.2, 0.25) is 10.2 Å². The van der Waals surface area contributed by atoms with Crippen LogP contribution in [-0.2, 0) is 17.9 Å². The lowest BCUT2D eigenvalue weighted by Crippen LogP contribution is -2.27. The van der Waals surface area contributed by atoms with Crippen molar-refractivity contribution in [2.24, 2.45) is 0 Å². The quantitative estimate of drug-likeness (QED) is 0.508. The minimum absolute atomic E-state index is 0.0269. The highest BCUT2D eigenvalue weighted by molar-refractivity contribution is 6.41. The molecule has 9 nitrogen and oxygen atoms in total. The van der Waals surface area contributed by atoms with Gasteiger partial charge in [0.15, 0.2) is 5.82 Å². The van der Waals surface area contributed by atoms with E-state index in [1.807, 2.05) is 6.92 Å². The van der Waals surface area contributed by atoms with Crippen molar-refractivity contribution < 1.29 is 4.79 Å². The number of anilines is 2. The van der Waals surface area contributed by atoms with Crippen molar-refractivity contribution in [3.8, 4) is 0 Å². The van der Waals surface area contributed by atoms with Crippen LogP contribution in [0, 0.1) is 0 Å². The van der Waals surface area contributed by atoms with Crippen LogP contribution in [0.5, 0.6) is 0 Å².